The summed E-state index contributed by atoms with van der Waals surface area (Å²) in [6, 6.07) is 75.5. The lowest BCUT2D eigenvalue weighted by Gasteiger charge is -2.20. The summed E-state index contributed by atoms with van der Waals surface area (Å²) in [6.07, 6.45) is 1.86. The Labute approximate surface area is 401 Å². The average molecular weight is 897 g/mol. The zero-order valence-electron chi connectivity index (χ0n) is 37.8. The number of para-hydroxylation sites is 4. The molecule has 4 aromatic heterocycles. The van der Waals surface area contributed by atoms with Gasteiger partial charge in [0, 0.05) is 55.0 Å². The molecule has 1 aliphatic carbocycles. The third-order valence-corrected chi connectivity index (χ3v) is 14.7. The molecule has 1 atom stereocenters. The molecule has 4 heterocycles. The Balaban J connectivity index is 1.01. The first-order valence-electron chi connectivity index (χ1n) is 24.0. The Morgan fingerprint density at radius 3 is 1.83 bits per heavy atom. The minimum absolute atomic E-state index is 0.0770. The normalized spacial score (nSPS) is 13.7. The van der Waals surface area contributed by atoms with Gasteiger partial charge in [-0.25, -0.2) is 15.0 Å². The van der Waals surface area contributed by atoms with E-state index in [-0.39, 0.29) is 5.92 Å². The molecule has 1 unspecified atom stereocenters. The molecule has 10 aromatic carbocycles. The Morgan fingerprint density at radius 2 is 1.00 bits per heavy atom. The van der Waals surface area contributed by atoms with Gasteiger partial charge < -0.3 is 13.4 Å². The van der Waals surface area contributed by atoms with Crippen molar-refractivity contribution in [3.8, 4) is 51.0 Å². The van der Waals surface area contributed by atoms with Crippen molar-refractivity contribution in [2.75, 3.05) is 0 Å². The zero-order valence-corrected chi connectivity index (χ0v) is 37.8. The first-order valence-corrected chi connectivity index (χ1v) is 24.0. The maximum Gasteiger partial charge on any atom is 0.167 e. The van der Waals surface area contributed by atoms with E-state index >= 15 is 0 Å². The molecule has 0 saturated carbocycles. The Kier molecular flexibility index (Phi) is 8.45. The summed E-state index contributed by atoms with van der Waals surface area (Å²) in [5, 5.41) is 8.77. The van der Waals surface area contributed by atoms with E-state index in [1.54, 1.807) is 0 Å². The molecule has 70 heavy (non-hydrogen) atoms. The fraction of sp³-hybridized carbons (Fsp3) is 0.0469. The molecule has 328 valence electrons. The summed E-state index contributed by atoms with van der Waals surface area (Å²) >= 11 is 0. The van der Waals surface area contributed by atoms with Crippen molar-refractivity contribution < 1.29 is 8.83 Å². The monoisotopic (exact) mass is 896 g/mol. The predicted octanol–water partition coefficient (Wildman–Crippen LogP) is 16.7. The first kappa shape index (κ1) is 38.9. The van der Waals surface area contributed by atoms with E-state index in [0.717, 1.165) is 101 Å². The van der Waals surface area contributed by atoms with E-state index < -0.39 is 0 Å². The summed E-state index contributed by atoms with van der Waals surface area (Å²) in [6.45, 7) is 0. The maximum absolute atomic E-state index is 6.94. The van der Waals surface area contributed by atoms with Gasteiger partial charge in [0.1, 0.15) is 22.3 Å². The molecule has 0 spiro atoms. The van der Waals surface area contributed by atoms with Gasteiger partial charge in [0.15, 0.2) is 17.5 Å². The van der Waals surface area contributed by atoms with Crippen LogP contribution in [0.15, 0.2) is 221 Å². The fourth-order valence-corrected chi connectivity index (χ4v) is 11.6. The summed E-state index contributed by atoms with van der Waals surface area (Å²) in [4.78, 5) is 16.6. The lowest BCUT2D eigenvalue weighted by molar-refractivity contribution is 0.668. The number of hydrogen-bond donors (Lipinski definition) is 0. The number of fused-ring (bicyclic) bond motifs is 13. The van der Waals surface area contributed by atoms with E-state index in [4.69, 9.17) is 23.8 Å². The van der Waals surface area contributed by atoms with Crippen molar-refractivity contribution in [2.24, 2.45) is 0 Å². The maximum atomic E-state index is 6.94. The molecule has 6 heteroatoms. The highest BCUT2D eigenvalue weighted by molar-refractivity contribution is 6.16. The van der Waals surface area contributed by atoms with Crippen molar-refractivity contribution in [1.29, 1.82) is 0 Å². The molecular formula is C64H40N4O2. The van der Waals surface area contributed by atoms with Crippen LogP contribution in [-0.2, 0) is 6.42 Å². The van der Waals surface area contributed by atoms with Gasteiger partial charge in [-0.3, -0.25) is 0 Å². The van der Waals surface area contributed by atoms with Gasteiger partial charge in [0.25, 0.3) is 0 Å². The number of aromatic nitrogens is 4. The topological polar surface area (TPSA) is 69.9 Å². The summed E-state index contributed by atoms with van der Waals surface area (Å²) in [5.74, 6) is 1.74. The predicted molar refractivity (Wildman–Crippen MR) is 285 cm³/mol. The van der Waals surface area contributed by atoms with Crippen molar-refractivity contribution in [3.63, 3.8) is 0 Å². The van der Waals surface area contributed by atoms with Gasteiger partial charge in [0.2, 0.25) is 0 Å². The van der Waals surface area contributed by atoms with Crippen LogP contribution in [0.4, 0.5) is 0 Å². The second kappa shape index (κ2) is 15.2. The van der Waals surface area contributed by atoms with Crippen molar-refractivity contribution >= 4 is 76.5 Å². The molecule has 0 bridgehead atoms. The number of hydrogen-bond acceptors (Lipinski definition) is 5. The van der Waals surface area contributed by atoms with Gasteiger partial charge >= 0.3 is 0 Å². The van der Waals surface area contributed by atoms with Crippen LogP contribution < -0.4 is 0 Å². The van der Waals surface area contributed by atoms with Crippen LogP contribution in [0.5, 0.6) is 0 Å². The van der Waals surface area contributed by atoms with Gasteiger partial charge in [-0.05, 0) is 112 Å². The van der Waals surface area contributed by atoms with Crippen molar-refractivity contribution in [1.82, 2.24) is 19.5 Å². The SMILES string of the molecule is c1ccc(-n2c3ccccc3c3c(-c4nc(-c5cc(C6CCc7cc8ccccc8cc7-c7ccccc76)cc6c5oc5ccccc56)nc(-c5cccc6oc7ccccc7c56)n4)cccc32)cc1. The summed E-state index contributed by atoms with van der Waals surface area (Å²) in [7, 11) is 0. The second-order valence-corrected chi connectivity index (χ2v) is 18.5. The van der Waals surface area contributed by atoms with Gasteiger partial charge in [-0.15, -0.1) is 0 Å². The van der Waals surface area contributed by atoms with E-state index in [2.05, 4.69) is 187 Å². The van der Waals surface area contributed by atoms with E-state index in [1.165, 1.54) is 38.6 Å². The van der Waals surface area contributed by atoms with Crippen LogP contribution in [0.1, 0.15) is 29.0 Å². The second-order valence-electron chi connectivity index (χ2n) is 18.5. The molecule has 15 rings (SSSR count). The number of benzene rings is 10. The van der Waals surface area contributed by atoms with Gasteiger partial charge in [0.05, 0.1) is 16.6 Å². The van der Waals surface area contributed by atoms with Crippen LogP contribution in [0.3, 0.4) is 0 Å². The number of furan rings is 2. The largest absolute Gasteiger partial charge is 0.456 e. The van der Waals surface area contributed by atoms with Gasteiger partial charge in [-0.2, -0.15) is 0 Å². The summed E-state index contributed by atoms with van der Waals surface area (Å²) < 4.78 is 15.7. The van der Waals surface area contributed by atoms with E-state index in [1.807, 2.05) is 30.3 Å². The number of aryl methyl sites for hydroxylation is 1. The molecule has 0 radical (unpaired) electrons. The lowest BCUT2D eigenvalue weighted by Crippen LogP contribution is -2.04. The molecular weight excluding hydrogens is 857 g/mol. The quantitative estimate of drug-likeness (QED) is 0.172. The molecule has 6 nitrogen and oxygen atoms in total. The fourth-order valence-electron chi connectivity index (χ4n) is 11.6. The Bertz CT molecular complexity index is 4450. The van der Waals surface area contributed by atoms with Crippen LogP contribution in [-0.4, -0.2) is 19.5 Å². The lowest BCUT2D eigenvalue weighted by atomic mass is 9.84. The van der Waals surface area contributed by atoms with Crippen molar-refractivity contribution in [3.05, 3.63) is 229 Å². The van der Waals surface area contributed by atoms with Crippen LogP contribution in [0.2, 0.25) is 0 Å². The molecule has 1 aliphatic rings. The van der Waals surface area contributed by atoms with E-state index in [9.17, 15) is 0 Å². The summed E-state index contributed by atoms with van der Waals surface area (Å²) in [5.41, 5.74) is 15.5. The average Bonchev–Trinajstić information content (AvgIpc) is 4.07. The highest BCUT2D eigenvalue weighted by atomic mass is 16.3. The molecule has 0 N–H and O–H groups in total. The smallest absolute Gasteiger partial charge is 0.167 e. The molecule has 0 saturated heterocycles. The van der Waals surface area contributed by atoms with E-state index in [0.29, 0.717) is 17.5 Å². The Morgan fingerprint density at radius 1 is 0.400 bits per heavy atom. The van der Waals surface area contributed by atoms with Gasteiger partial charge in [-0.1, -0.05) is 152 Å². The standard InChI is InChI=1S/C64H40N4O2/c1-2-18-42(19-3-1)68-54-27-11-8-23-47(54)59-49(25-14-28-55(59)68)62-65-63(50-26-15-31-58-60(50)48-24-10-13-30-57(48)69-58)67-64(66-62)53-37-41(36-52-46-22-9-12-29-56(46)70-61(52)53)43-33-32-40-34-38-16-4-5-17-39(38)35-51(40)45-21-7-6-20-44(43)45/h1-31,34-37,43H,32-33H2. The van der Waals surface area contributed by atoms with Crippen molar-refractivity contribution in [2.45, 2.75) is 18.8 Å². The minimum Gasteiger partial charge on any atom is -0.456 e. The number of rotatable bonds is 5. The third-order valence-electron chi connectivity index (χ3n) is 14.7. The highest BCUT2D eigenvalue weighted by Gasteiger charge is 2.28. The highest BCUT2D eigenvalue weighted by Crippen LogP contribution is 2.47. The molecule has 14 aromatic rings. The minimum atomic E-state index is 0.0770. The number of nitrogens with zero attached hydrogens (tertiary/aromatic N) is 4. The van der Waals surface area contributed by atoms with Crippen LogP contribution in [0, 0.1) is 0 Å². The first-order chi connectivity index (χ1) is 34.7. The molecule has 0 aliphatic heterocycles. The molecule has 0 fully saturated rings. The Hall–Kier alpha value is -9.13. The van der Waals surface area contributed by atoms with Crippen LogP contribution >= 0.6 is 0 Å². The van der Waals surface area contributed by atoms with Crippen LogP contribution in [0.25, 0.3) is 127 Å². The third kappa shape index (κ3) is 5.90. The molecule has 0 amide bonds. The zero-order chi connectivity index (χ0) is 45.9.